The summed E-state index contributed by atoms with van der Waals surface area (Å²) in [4.78, 5) is 0. The van der Waals surface area contributed by atoms with Gasteiger partial charge in [0, 0.05) is 17.8 Å². The molecule has 0 amide bonds. The minimum atomic E-state index is 1.32. The summed E-state index contributed by atoms with van der Waals surface area (Å²) in [5.41, 5.74) is 15.6. The Labute approximate surface area is 190 Å². The summed E-state index contributed by atoms with van der Waals surface area (Å²) >= 11 is 0. The molecule has 0 aliphatic heterocycles. The molecule has 4 rings (SSSR count). The van der Waals surface area contributed by atoms with Crippen molar-refractivity contribution in [3.05, 3.63) is 80.4 Å². The first-order valence-corrected chi connectivity index (χ1v) is 11.6. The molecule has 0 atom stereocenters. The van der Waals surface area contributed by atoms with Crippen molar-refractivity contribution in [2.75, 3.05) is 0 Å². The number of aryl methyl sites for hydroxylation is 6. The fraction of sp³-hybridized carbons (Fsp3) is 0.400. The molecule has 1 aromatic heterocycles. The molecule has 0 saturated heterocycles. The molecule has 0 bridgehead atoms. The molecule has 1 heteroatoms. The Bertz CT molecular complexity index is 1140. The molecule has 0 unspecified atom stereocenters. The van der Waals surface area contributed by atoms with Crippen molar-refractivity contribution in [1.29, 1.82) is 0 Å². The summed E-state index contributed by atoms with van der Waals surface area (Å²) in [6.07, 6.45) is 0. The van der Waals surface area contributed by atoms with E-state index in [1.807, 2.05) is 32.0 Å². The van der Waals surface area contributed by atoms with Crippen LogP contribution in [0.25, 0.3) is 21.8 Å². The third kappa shape index (κ3) is 4.15. The summed E-state index contributed by atoms with van der Waals surface area (Å²) in [6, 6.07) is 10.3. The van der Waals surface area contributed by atoms with E-state index in [-0.39, 0.29) is 0 Å². The Kier molecular flexibility index (Phi) is 7.76. The van der Waals surface area contributed by atoms with Gasteiger partial charge in [0.25, 0.3) is 0 Å². The van der Waals surface area contributed by atoms with Crippen molar-refractivity contribution in [2.24, 2.45) is 7.05 Å². The zero-order valence-corrected chi connectivity index (χ0v) is 21.8. The first-order valence-electron chi connectivity index (χ1n) is 11.6. The SMILES string of the molecule is CC.Cc1c(C)c(C)c2c(c1C)c1c(C)c(C)c(C)c(C)c1n2C.Cc1ccccc1. The summed E-state index contributed by atoms with van der Waals surface area (Å²) in [6.45, 7) is 24.2. The van der Waals surface area contributed by atoms with E-state index in [0.29, 0.717) is 0 Å². The van der Waals surface area contributed by atoms with Crippen molar-refractivity contribution < 1.29 is 0 Å². The maximum Gasteiger partial charge on any atom is 0.0524 e. The smallest absolute Gasteiger partial charge is 0.0524 e. The number of rotatable bonds is 0. The van der Waals surface area contributed by atoms with E-state index in [2.05, 4.69) is 86.1 Å². The number of aromatic nitrogens is 1. The van der Waals surface area contributed by atoms with Crippen LogP contribution in [0.2, 0.25) is 0 Å². The predicted molar refractivity (Wildman–Crippen MR) is 141 cm³/mol. The fourth-order valence-electron chi connectivity index (χ4n) is 4.68. The number of benzene rings is 3. The Morgan fingerprint density at radius 3 is 1.06 bits per heavy atom. The van der Waals surface area contributed by atoms with Crippen LogP contribution in [-0.4, -0.2) is 4.57 Å². The van der Waals surface area contributed by atoms with E-state index < -0.39 is 0 Å². The highest BCUT2D eigenvalue weighted by Gasteiger charge is 2.21. The standard InChI is InChI=1S/C21H27N.C7H8.C2H6/c1-10-12(3)16(7)20-18(14(10)5)19-15(6)11(2)13(4)17(8)21(19)22(20)9;1-7-5-3-2-4-6-7;1-2/h1-9H3;2-6H,1H3;1-2H3. The lowest BCUT2D eigenvalue weighted by Crippen LogP contribution is -1.97. The molecular formula is C30H41N. The minimum absolute atomic E-state index is 1.32. The van der Waals surface area contributed by atoms with Crippen LogP contribution in [0.3, 0.4) is 0 Å². The lowest BCUT2D eigenvalue weighted by atomic mass is 9.90. The van der Waals surface area contributed by atoms with Crippen LogP contribution < -0.4 is 0 Å². The molecule has 3 aromatic carbocycles. The highest BCUT2D eigenvalue weighted by atomic mass is 14.9. The van der Waals surface area contributed by atoms with E-state index in [0.717, 1.165) is 0 Å². The molecule has 4 aromatic rings. The van der Waals surface area contributed by atoms with Gasteiger partial charge in [-0.05, 0) is 107 Å². The number of hydrogen-bond donors (Lipinski definition) is 0. The van der Waals surface area contributed by atoms with Gasteiger partial charge in [0.2, 0.25) is 0 Å². The molecule has 0 saturated carbocycles. The van der Waals surface area contributed by atoms with Gasteiger partial charge < -0.3 is 4.57 Å². The molecule has 0 radical (unpaired) electrons. The number of nitrogens with zero attached hydrogens (tertiary/aromatic N) is 1. The average Bonchev–Trinajstić information content (AvgIpc) is 3.09. The summed E-state index contributed by atoms with van der Waals surface area (Å²) < 4.78 is 2.42. The second-order valence-electron chi connectivity index (χ2n) is 8.66. The molecule has 0 N–H and O–H groups in total. The molecule has 0 fully saturated rings. The zero-order chi connectivity index (χ0) is 23.6. The normalized spacial score (nSPS) is 10.6. The van der Waals surface area contributed by atoms with E-state index in [1.165, 1.54) is 71.9 Å². The van der Waals surface area contributed by atoms with Crippen LogP contribution in [0.15, 0.2) is 30.3 Å². The van der Waals surface area contributed by atoms with Crippen LogP contribution in [0, 0.1) is 62.3 Å². The van der Waals surface area contributed by atoms with Gasteiger partial charge in [-0.3, -0.25) is 0 Å². The molecule has 166 valence electrons. The van der Waals surface area contributed by atoms with Crippen molar-refractivity contribution in [1.82, 2.24) is 4.57 Å². The molecule has 1 nitrogen and oxygen atoms in total. The molecule has 0 spiro atoms. The number of fused-ring (bicyclic) bond motifs is 3. The van der Waals surface area contributed by atoms with Gasteiger partial charge in [-0.1, -0.05) is 49.7 Å². The van der Waals surface area contributed by atoms with Crippen molar-refractivity contribution in [3.8, 4) is 0 Å². The van der Waals surface area contributed by atoms with Gasteiger partial charge in [0.1, 0.15) is 0 Å². The predicted octanol–water partition coefficient (Wildman–Crippen LogP) is 8.82. The van der Waals surface area contributed by atoms with Gasteiger partial charge in [0.05, 0.1) is 11.0 Å². The minimum Gasteiger partial charge on any atom is -0.343 e. The first kappa shape index (κ1) is 24.7. The van der Waals surface area contributed by atoms with Gasteiger partial charge >= 0.3 is 0 Å². The maximum absolute atomic E-state index is 2.42. The first-order chi connectivity index (χ1) is 14.6. The van der Waals surface area contributed by atoms with Crippen molar-refractivity contribution >= 4 is 21.8 Å². The van der Waals surface area contributed by atoms with Crippen LogP contribution >= 0.6 is 0 Å². The zero-order valence-electron chi connectivity index (χ0n) is 21.8. The van der Waals surface area contributed by atoms with E-state index in [1.54, 1.807) is 0 Å². The van der Waals surface area contributed by atoms with E-state index in [9.17, 15) is 0 Å². The van der Waals surface area contributed by atoms with Gasteiger partial charge in [0.15, 0.2) is 0 Å². The monoisotopic (exact) mass is 415 g/mol. The molecule has 0 aliphatic carbocycles. The van der Waals surface area contributed by atoms with Gasteiger partial charge in [-0.15, -0.1) is 0 Å². The average molecular weight is 416 g/mol. The second-order valence-corrected chi connectivity index (χ2v) is 8.66. The third-order valence-electron chi connectivity index (χ3n) is 7.17. The van der Waals surface area contributed by atoms with Crippen molar-refractivity contribution in [3.63, 3.8) is 0 Å². The topological polar surface area (TPSA) is 4.93 Å². The fourth-order valence-corrected chi connectivity index (χ4v) is 4.68. The Hall–Kier alpha value is -2.54. The quantitative estimate of drug-likeness (QED) is 0.270. The van der Waals surface area contributed by atoms with Gasteiger partial charge in [-0.25, -0.2) is 0 Å². The molecule has 1 heterocycles. The Balaban J connectivity index is 0.000000319. The summed E-state index contributed by atoms with van der Waals surface area (Å²) in [5, 5.41) is 2.92. The highest BCUT2D eigenvalue weighted by Crippen LogP contribution is 2.41. The Morgan fingerprint density at radius 2 is 0.774 bits per heavy atom. The van der Waals surface area contributed by atoms with E-state index in [4.69, 9.17) is 0 Å². The highest BCUT2D eigenvalue weighted by molar-refractivity contribution is 6.14. The van der Waals surface area contributed by atoms with Crippen LogP contribution in [0.4, 0.5) is 0 Å². The van der Waals surface area contributed by atoms with Crippen molar-refractivity contribution in [2.45, 2.75) is 76.2 Å². The summed E-state index contributed by atoms with van der Waals surface area (Å²) in [5.74, 6) is 0. The number of hydrogen-bond acceptors (Lipinski definition) is 0. The molecule has 31 heavy (non-hydrogen) atoms. The maximum atomic E-state index is 2.42. The third-order valence-corrected chi connectivity index (χ3v) is 7.17. The largest absolute Gasteiger partial charge is 0.343 e. The second kappa shape index (κ2) is 9.73. The molecule has 0 aliphatic rings. The van der Waals surface area contributed by atoms with Crippen LogP contribution in [0.5, 0.6) is 0 Å². The van der Waals surface area contributed by atoms with Crippen LogP contribution in [0.1, 0.15) is 63.9 Å². The van der Waals surface area contributed by atoms with Gasteiger partial charge in [-0.2, -0.15) is 0 Å². The molecular weight excluding hydrogens is 374 g/mol. The lowest BCUT2D eigenvalue weighted by molar-refractivity contribution is 0.994. The summed E-state index contributed by atoms with van der Waals surface area (Å²) in [7, 11) is 2.23. The van der Waals surface area contributed by atoms with E-state index >= 15 is 0 Å². The Morgan fingerprint density at radius 1 is 0.452 bits per heavy atom. The lowest BCUT2D eigenvalue weighted by Gasteiger charge is -2.13. The van der Waals surface area contributed by atoms with Crippen LogP contribution in [-0.2, 0) is 7.05 Å².